The summed E-state index contributed by atoms with van der Waals surface area (Å²) in [5, 5.41) is 0. The molecule has 0 amide bonds. The van der Waals surface area contributed by atoms with Gasteiger partial charge in [0.25, 0.3) is 0 Å². The lowest BCUT2D eigenvalue weighted by Crippen LogP contribution is -2.17. The molecule has 1 aromatic rings. The Bertz CT molecular complexity index is 395. The molecule has 4 heteroatoms. The van der Waals surface area contributed by atoms with Gasteiger partial charge < -0.3 is 15.2 Å². The molecule has 1 aromatic carbocycles. The first-order valence-corrected chi connectivity index (χ1v) is 5.93. The smallest absolute Gasteiger partial charge is 0.125 e. The number of thiocarbonyl (C=S) groups is 1. The number of hydrogen-bond acceptors (Lipinski definition) is 3. The normalized spacial score (nSPS) is 12.2. The van der Waals surface area contributed by atoms with Gasteiger partial charge in [0.2, 0.25) is 0 Å². The Hall–Kier alpha value is -1.13. The highest BCUT2D eigenvalue weighted by atomic mass is 32.1. The number of nitrogens with two attached hydrogens (primary N) is 1. The van der Waals surface area contributed by atoms with Gasteiger partial charge in [-0.2, -0.15) is 0 Å². The molecule has 0 spiro atoms. The molecule has 0 bridgehead atoms. The number of rotatable bonds is 5. The van der Waals surface area contributed by atoms with E-state index in [1.807, 2.05) is 32.9 Å². The Morgan fingerprint density at radius 3 is 2.29 bits per heavy atom. The highest BCUT2D eigenvalue weighted by molar-refractivity contribution is 7.80. The highest BCUT2D eigenvalue weighted by Gasteiger charge is 2.09. The Kier molecular flexibility index (Phi) is 4.90. The molecule has 0 aromatic heterocycles. The van der Waals surface area contributed by atoms with E-state index in [2.05, 4.69) is 0 Å². The minimum absolute atomic E-state index is 0.0732. The van der Waals surface area contributed by atoms with Crippen LogP contribution in [0.2, 0.25) is 0 Å². The van der Waals surface area contributed by atoms with Crippen molar-refractivity contribution in [3.05, 3.63) is 28.8 Å². The van der Waals surface area contributed by atoms with Crippen LogP contribution >= 0.6 is 12.2 Å². The Labute approximate surface area is 108 Å². The van der Waals surface area contributed by atoms with Crippen LogP contribution in [0.5, 0.6) is 5.75 Å². The monoisotopic (exact) mass is 253 g/mol. The van der Waals surface area contributed by atoms with E-state index in [1.165, 1.54) is 0 Å². The molecule has 0 aliphatic carbocycles. The van der Waals surface area contributed by atoms with E-state index in [0.717, 1.165) is 22.4 Å². The number of hydrogen-bond donors (Lipinski definition) is 1. The number of ether oxygens (including phenoxy) is 2. The minimum Gasteiger partial charge on any atom is -0.490 e. The van der Waals surface area contributed by atoms with Gasteiger partial charge in [-0.05, 0) is 44.0 Å². The predicted octanol–water partition coefficient (Wildman–Crippen LogP) is 2.35. The van der Waals surface area contributed by atoms with Gasteiger partial charge in [-0.25, -0.2) is 0 Å². The molecule has 1 unspecified atom stereocenters. The molecule has 1 atom stereocenters. The second-order valence-electron chi connectivity index (χ2n) is 4.16. The SMILES string of the molecule is COC(C)COc1c(C)cc(C(N)=S)cc1C. The van der Waals surface area contributed by atoms with E-state index in [-0.39, 0.29) is 6.10 Å². The van der Waals surface area contributed by atoms with Crippen molar-refractivity contribution in [1.29, 1.82) is 0 Å². The third-order valence-electron chi connectivity index (χ3n) is 2.61. The quantitative estimate of drug-likeness (QED) is 0.818. The Morgan fingerprint density at radius 1 is 1.35 bits per heavy atom. The maximum atomic E-state index is 5.75. The molecule has 0 aliphatic heterocycles. The van der Waals surface area contributed by atoms with Crippen LogP contribution in [0.3, 0.4) is 0 Å². The standard InChI is InChI=1S/C13H19NO2S/c1-8-5-11(13(14)17)6-9(2)12(8)16-7-10(3)15-4/h5-6,10H,7H2,1-4H3,(H2,14,17). The van der Waals surface area contributed by atoms with Crippen LogP contribution in [0.25, 0.3) is 0 Å². The maximum absolute atomic E-state index is 5.75. The number of aryl methyl sites for hydroxylation is 2. The van der Waals surface area contributed by atoms with E-state index in [9.17, 15) is 0 Å². The molecule has 1 rings (SSSR count). The molecule has 17 heavy (non-hydrogen) atoms. The lowest BCUT2D eigenvalue weighted by Gasteiger charge is -2.16. The largest absolute Gasteiger partial charge is 0.490 e. The third kappa shape index (κ3) is 3.68. The molecule has 0 saturated carbocycles. The van der Waals surface area contributed by atoms with Gasteiger partial charge in [-0.3, -0.25) is 0 Å². The zero-order valence-electron chi connectivity index (χ0n) is 10.7. The summed E-state index contributed by atoms with van der Waals surface area (Å²) in [5.74, 6) is 0.883. The summed E-state index contributed by atoms with van der Waals surface area (Å²) in [4.78, 5) is 0.410. The lowest BCUT2D eigenvalue weighted by molar-refractivity contribution is 0.0712. The van der Waals surface area contributed by atoms with Crippen molar-refractivity contribution in [2.24, 2.45) is 5.73 Å². The predicted molar refractivity (Wildman–Crippen MR) is 73.8 cm³/mol. The van der Waals surface area contributed by atoms with Crippen molar-refractivity contribution in [2.45, 2.75) is 26.9 Å². The van der Waals surface area contributed by atoms with Crippen molar-refractivity contribution >= 4 is 17.2 Å². The molecule has 0 aliphatic rings. The minimum atomic E-state index is 0.0732. The summed E-state index contributed by atoms with van der Waals surface area (Å²) < 4.78 is 10.9. The molecule has 0 saturated heterocycles. The van der Waals surface area contributed by atoms with Crippen molar-refractivity contribution in [3.8, 4) is 5.75 Å². The fourth-order valence-electron chi connectivity index (χ4n) is 1.59. The van der Waals surface area contributed by atoms with E-state index in [0.29, 0.717) is 11.6 Å². The van der Waals surface area contributed by atoms with Crippen LogP contribution in [0.15, 0.2) is 12.1 Å². The summed E-state index contributed by atoms with van der Waals surface area (Å²) in [7, 11) is 1.67. The van der Waals surface area contributed by atoms with Gasteiger partial charge in [-0.15, -0.1) is 0 Å². The van der Waals surface area contributed by atoms with Crippen molar-refractivity contribution in [1.82, 2.24) is 0 Å². The van der Waals surface area contributed by atoms with Crippen LogP contribution in [0, 0.1) is 13.8 Å². The fraction of sp³-hybridized carbons (Fsp3) is 0.462. The lowest BCUT2D eigenvalue weighted by atomic mass is 10.1. The zero-order chi connectivity index (χ0) is 13.0. The summed E-state index contributed by atoms with van der Waals surface area (Å²) in [6.07, 6.45) is 0.0732. The van der Waals surface area contributed by atoms with Crippen molar-refractivity contribution in [3.63, 3.8) is 0 Å². The molecule has 0 fully saturated rings. The first-order chi connectivity index (χ1) is 7.95. The van der Waals surface area contributed by atoms with E-state index in [4.69, 9.17) is 27.4 Å². The average Bonchev–Trinajstić information content (AvgIpc) is 2.27. The second-order valence-corrected chi connectivity index (χ2v) is 4.60. The summed E-state index contributed by atoms with van der Waals surface area (Å²) in [6, 6.07) is 3.89. The van der Waals surface area contributed by atoms with Gasteiger partial charge in [0.05, 0.1) is 6.10 Å². The topological polar surface area (TPSA) is 44.5 Å². The maximum Gasteiger partial charge on any atom is 0.125 e. The zero-order valence-corrected chi connectivity index (χ0v) is 11.6. The summed E-state index contributed by atoms with van der Waals surface area (Å²) >= 11 is 4.97. The molecule has 94 valence electrons. The van der Waals surface area contributed by atoms with Gasteiger partial charge in [-0.1, -0.05) is 12.2 Å². The van der Waals surface area contributed by atoms with E-state index >= 15 is 0 Å². The van der Waals surface area contributed by atoms with Gasteiger partial charge in [0.1, 0.15) is 17.3 Å². The third-order valence-corrected chi connectivity index (χ3v) is 2.85. The molecule has 3 nitrogen and oxygen atoms in total. The first kappa shape index (κ1) is 13.9. The molecular weight excluding hydrogens is 234 g/mol. The second kappa shape index (κ2) is 5.98. The van der Waals surface area contributed by atoms with Gasteiger partial charge in [0, 0.05) is 12.7 Å². The summed E-state index contributed by atoms with van der Waals surface area (Å²) in [6.45, 7) is 6.47. The van der Waals surface area contributed by atoms with Crippen LogP contribution in [0.1, 0.15) is 23.6 Å². The Morgan fingerprint density at radius 2 is 1.88 bits per heavy atom. The molecule has 2 N–H and O–H groups in total. The molecule has 0 heterocycles. The van der Waals surface area contributed by atoms with Crippen LogP contribution in [0.4, 0.5) is 0 Å². The molecule has 0 radical (unpaired) electrons. The van der Waals surface area contributed by atoms with Gasteiger partial charge in [0.15, 0.2) is 0 Å². The fourth-order valence-corrected chi connectivity index (χ4v) is 1.71. The van der Waals surface area contributed by atoms with Crippen LogP contribution < -0.4 is 10.5 Å². The number of methoxy groups -OCH3 is 1. The van der Waals surface area contributed by atoms with Crippen molar-refractivity contribution in [2.75, 3.05) is 13.7 Å². The van der Waals surface area contributed by atoms with E-state index in [1.54, 1.807) is 7.11 Å². The van der Waals surface area contributed by atoms with Crippen molar-refractivity contribution < 1.29 is 9.47 Å². The average molecular weight is 253 g/mol. The van der Waals surface area contributed by atoms with Gasteiger partial charge >= 0.3 is 0 Å². The van der Waals surface area contributed by atoms with E-state index < -0.39 is 0 Å². The summed E-state index contributed by atoms with van der Waals surface area (Å²) in [5.41, 5.74) is 8.57. The molecular formula is C13H19NO2S. The van der Waals surface area contributed by atoms with Crippen LogP contribution in [-0.2, 0) is 4.74 Å². The Balaban J connectivity index is 2.90. The highest BCUT2D eigenvalue weighted by Crippen LogP contribution is 2.25. The number of benzene rings is 1. The van der Waals surface area contributed by atoms with Crippen LogP contribution in [-0.4, -0.2) is 24.8 Å². The first-order valence-electron chi connectivity index (χ1n) is 5.52.